The van der Waals surface area contributed by atoms with Crippen LogP contribution in [0.3, 0.4) is 0 Å². The van der Waals surface area contributed by atoms with Crippen LogP contribution >= 0.6 is 11.6 Å². The smallest absolute Gasteiger partial charge is 0.187 e. The highest BCUT2D eigenvalue weighted by molar-refractivity contribution is 6.70. The molecule has 0 saturated carbocycles. The summed E-state index contributed by atoms with van der Waals surface area (Å²) >= 11 is 6.06. The van der Waals surface area contributed by atoms with Gasteiger partial charge in [-0.05, 0) is 46.5 Å². The van der Waals surface area contributed by atoms with Crippen LogP contribution in [0.4, 0.5) is 0 Å². The average molecular weight is 249 g/mol. The van der Waals surface area contributed by atoms with E-state index in [2.05, 4.69) is 0 Å². The fourth-order valence-electron chi connectivity index (χ4n) is 1.28. The zero-order valence-electron chi connectivity index (χ0n) is 10.4. The van der Waals surface area contributed by atoms with Crippen molar-refractivity contribution in [2.75, 3.05) is 0 Å². The van der Waals surface area contributed by atoms with E-state index in [4.69, 9.17) is 16.0 Å². The first-order valence-corrected chi connectivity index (χ1v) is 8.99. The molecule has 0 N–H and O–H groups in total. The van der Waals surface area contributed by atoms with Gasteiger partial charge in [-0.1, -0.05) is 6.08 Å². The van der Waals surface area contributed by atoms with Crippen LogP contribution in [-0.2, 0) is 9.22 Å². The molecule has 4 heteroatoms. The Hall–Kier alpha value is -0.123. The molecular formula is C11H21ClO2Si. The van der Waals surface area contributed by atoms with E-state index in [1.54, 1.807) is 19.9 Å². The summed E-state index contributed by atoms with van der Waals surface area (Å²) in [6.45, 7) is 11.5. The molecule has 0 saturated heterocycles. The van der Waals surface area contributed by atoms with Crippen molar-refractivity contribution in [3.05, 3.63) is 12.2 Å². The van der Waals surface area contributed by atoms with Gasteiger partial charge in [-0.25, -0.2) is 0 Å². The molecule has 15 heavy (non-hydrogen) atoms. The van der Waals surface area contributed by atoms with Crippen LogP contribution in [0, 0.1) is 0 Å². The minimum atomic E-state index is -1.79. The summed E-state index contributed by atoms with van der Waals surface area (Å²) in [4.78, 5) is 11.9. The van der Waals surface area contributed by atoms with Crippen LogP contribution in [0.25, 0.3) is 0 Å². The van der Waals surface area contributed by atoms with Crippen molar-refractivity contribution in [2.24, 2.45) is 0 Å². The van der Waals surface area contributed by atoms with Crippen molar-refractivity contribution in [1.82, 2.24) is 0 Å². The summed E-state index contributed by atoms with van der Waals surface area (Å²) in [6, 6.07) is 0. The Balaban J connectivity index is 4.99. The first-order chi connectivity index (χ1) is 6.63. The Kier molecular flexibility index (Phi) is 5.24. The van der Waals surface area contributed by atoms with Crippen LogP contribution in [0.1, 0.15) is 20.8 Å². The molecule has 2 nitrogen and oxygen atoms in total. The van der Waals surface area contributed by atoms with Crippen molar-refractivity contribution < 1.29 is 9.22 Å². The van der Waals surface area contributed by atoms with E-state index in [1.165, 1.54) is 6.08 Å². The number of ketones is 1. The molecule has 0 aromatic heterocycles. The Bertz CT molecular complexity index is 256. The third kappa shape index (κ3) is 4.49. The SMILES string of the molecule is C/C=C\C(=O)C(C)(O[Si](C)(C)C)C(C)Cl. The van der Waals surface area contributed by atoms with E-state index in [0.29, 0.717) is 0 Å². The molecule has 0 aliphatic rings. The predicted molar refractivity (Wildman–Crippen MR) is 68.0 cm³/mol. The third-order valence-corrected chi connectivity index (χ3v) is 3.54. The standard InChI is InChI=1S/C11H21ClO2Si/c1-7-8-10(13)11(3,9(2)12)14-15(4,5)6/h7-9H,1-6H3/b8-7-. The van der Waals surface area contributed by atoms with E-state index >= 15 is 0 Å². The summed E-state index contributed by atoms with van der Waals surface area (Å²) in [7, 11) is -1.79. The normalized spacial score (nSPS) is 18.9. The second-order valence-electron chi connectivity index (χ2n) is 4.80. The van der Waals surface area contributed by atoms with Crippen LogP contribution in [0.2, 0.25) is 19.6 Å². The Labute approximate surface area is 98.8 Å². The Morgan fingerprint density at radius 1 is 1.47 bits per heavy atom. The topological polar surface area (TPSA) is 26.3 Å². The van der Waals surface area contributed by atoms with Gasteiger partial charge in [0, 0.05) is 0 Å². The average Bonchev–Trinajstić information content (AvgIpc) is 2.01. The lowest BCUT2D eigenvalue weighted by molar-refractivity contribution is -0.128. The number of alkyl halides is 1. The highest BCUT2D eigenvalue weighted by Gasteiger charge is 2.40. The molecule has 2 unspecified atom stereocenters. The zero-order valence-corrected chi connectivity index (χ0v) is 12.2. The predicted octanol–water partition coefficient (Wildman–Crippen LogP) is 3.37. The Morgan fingerprint density at radius 3 is 2.20 bits per heavy atom. The van der Waals surface area contributed by atoms with E-state index in [9.17, 15) is 4.79 Å². The molecule has 0 heterocycles. The number of allylic oxidation sites excluding steroid dienone is 1. The number of rotatable bonds is 5. The molecule has 0 spiro atoms. The van der Waals surface area contributed by atoms with Crippen molar-refractivity contribution >= 4 is 25.7 Å². The van der Waals surface area contributed by atoms with Gasteiger partial charge in [0.25, 0.3) is 0 Å². The molecule has 0 aliphatic heterocycles. The van der Waals surface area contributed by atoms with Gasteiger partial charge in [0.05, 0.1) is 5.38 Å². The van der Waals surface area contributed by atoms with Gasteiger partial charge in [-0.3, -0.25) is 4.79 Å². The Morgan fingerprint density at radius 2 is 1.93 bits per heavy atom. The highest BCUT2D eigenvalue weighted by Crippen LogP contribution is 2.26. The summed E-state index contributed by atoms with van der Waals surface area (Å²) in [5, 5.41) is -0.340. The molecule has 0 amide bonds. The van der Waals surface area contributed by atoms with Crippen LogP contribution < -0.4 is 0 Å². The number of hydrogen-bond acceptors (Lipinski definition) is 2. The van der Waals surface area contributed by atoms with Gasteiger partial charge in [-0.2, -0.15) is 0 Å². The van der Waals surface area contributed by atoms with Crippen molar-refractivity contribution in [1.29, 1.82) is 0 Å². The number of carbonyl (C=O) groups is 1. The first-order valence-electron chi connectivity index (χ1n) is 5.15. The number of carbonyl (C=O) groups excluding carboxylic acids is 1. The molecule has 0 aromatic carbocycles. The molecule has 0 aromatic rings. The maximum atomic E-state index is 11.9. The van der Waals surface area contributed by atoms with Gasteiger partial charge < -0.3 is 4.43 Å². The molecule has 0 radical (unpaired) electrons. The fraction of sp³-hybridized carbons (Fsp3) is 0.727. The fourth-order valence-corrected chi connectivity index (χ4v) is 3.06. The lowest BCUT2D eigenvalue weighted by Crippen LogP contribution is -2.51. The summed E-state index contributed by atoms with van der Waals surface area (Å²) in [5.41, 5.74) is -0.904. The van der Waals surface area contributed by atoms with Crippen LogP contribution in [0.5, 0.6) is 0 Å². The maximum absolute atomic E-state index is 11.9. The van der Waals surface area contributed by atoms with Crippen molar-refractivity contribution in [2.45, 2.75) is 51.4 Å². The molecular weight excluding hydrogens is 228 g/mol. The van der Waals surface area contributed by atoms with Crippen LogP contribution in [-0.4, -0.2) is 25.1 Å². The minimum absolute atomic E-state index is 0.0603. The van der Waals surface area contributed by atoms with Crippen molar-refractivity contribution in [3.63, 3.8) is 0 Å². The summed E-state index contributed by atoms with van der Waals surface area (Å²) in [6.07, 6.45) is 3.24. The van der Waals surface area contributed by atoms with E-state index in [1.807, 2.05) is 26.6 Å². The summed E-state index contributed by atoms with van der Waals surface area (Å²) in [5.74, 6) is -0.0603. The molecule has 2 atom stereocenters. The van der Waals surface area contributed by atoms with Crippen molar-refractivity contribution in [3.8, 4) is 0 Å². The minimum Gasteiger partial charge on any atom is -0.404 e. The van der Waals surface area contributed by atoms with E-state index < -0.39 is 13.9 Å². The highest BCUT2D eigenvalue weighted by atomic mass is 35.5. The van der Waals surface area contributed by atoms with E-state index in [-0.39, 0.29) is 11.2 Å². The van der Waals surface area contributed by atoms with E-state index in [0.717, 1.165) is 0 Å². The van der Waals surface area contributed by atoms with Gasteiger partial charge in [0.15, 0.2) is 14.1 Å². The lowest BCUT2D eigenvalue weighted by atomic mass is 9.97. The molecule has 0 fully saturated rings. The molecule has 88 valence electrons. The first kappa shape index (κ1) is 14.9. The number of hydrogen-bond donors (Lipinski definition) is 0. The van der Waals surface area contributed by atoms with Gasteiger partial charge in [0.2, 0.25) is 0 Å². The van der Waals surface area contributed by atoms with Gasteiger partial charge in [0.1, 0.15) is 5.60 Å². The third-order valence-electron chi connectivity index (χ3n) is 2.08. The van der Waals surface area contributed by atoms with Crippen LogP contribution in [0.15, 0.2) is 12.2 Å². The quantitative estimate of drug-likeness (QED) is 0.424. The number of halogens is 1. The van der Waals surface area contributed by atoms with Gasteiger partial charge in [-0.15, -0.1) is 11.6 Å². The monoisotopic (exact) mass is 248 g/mol. The van der Waals surface area contributed by atoms with Gasteiger partial charge >= 0.3 is 0 Å². The molecule has 0 bridgehead atoms. The molecule has 0 rings (SSSR count). The second-order valence-corrected chi connectivity index (χ2v) is 9.89. The summed E-state index contributed by atoms with van der Waals surface area (Å²) < 4.78 is 5.91. The maximum Gasteiger partial charge on any atom is 0.187 e. The largest absolute Gasteiger partial charge is 0.404 e. The second kappa shape index (κ2) is 5.28. The zero-order chi connectivity index (χ0) is 12.3. The molecule has 0 aliphatic carbocycles. The lowest BCUT2D eigenvalue weighted by Gasteiger charge is -2.36.